The summed E-state index contributed by atoms with van der Waals surface area (Å²) in [6, 6.07) is 0. The third-order valence-electron chi connectivity index (χ3n) is 13.2. The van der Waals surface area contributed by atoms with Crippen molar-refractivity contribution in [2.24, 2.45) is 57.2 Å². The van der Waals surface area contributed by atoms with E-state index in [1.807, 2.05) is 6.92 Å². The van der Waals surface area contributed by atoms with Gasteiger partial charge in [-0.3, -0.25) is 0 Å². The van der Waals surface area contributed by atoms with Crippen molar-refractivity contribution >= 4 is 0 Å². The van der Waals surface area contributed by atoms with Crippen molar-refractivity contribution in [2.75, 3.05) is 0 Å². The quantitative estimate of drug-likeness (QED) is 0.450. The van der Waals surface area contributed by atoms with E-state index in [4.69, 9.17) is 0 Å². The number of aliphatic hydroxyl groups excluding tert-OH is 2. The monoisotopic (exact) mass is 442 g/mol. The molecule has 0 aromatic rings. The SMILES string of the molecule is C=C(C)C(O)CCC(C)C1CCC2C3CCC4C(C)(C)[C@@H](O)CC[C@@]45[C@@H](C)[C@@]35CC[C@]12C. The van der Waals surface area contributed by atoms with E-state index in [1.54, 1.807) is 0 Å². The smallest absolute Gasteiger partial charge is 0.0744 e. The molecule has 0 heterocycles. The number of aliphatic hydroxyl groups is 2. The van der Waals surface area contributed by atoms with E-state index in [9.17, 15) is 10.2 Å². The second-order valence-corrected chi connectivity index (χ2v) is 14.1. The lowest BCUT2D eigenvalue weighted by atomic mass is 9.46. The first kappa shape index (κ1) is 23.4. The minimum absolute atomic E-state index is 0.0819. The molecule has 182 valence electrons. The van der Waals surface area contributed by atoms with Crippen molar-refractivity contribution in [1.82, 2.24) is 0 Å². The molecule has 0 aromatic carbocycles. The maximum Gasteiger partial charge on any atom is 0.0744 e. The number of hydrogen-bond donors (Lipinski definition) is 2. The largest absolute Gasteiger partial charge is 0.393 e. The molecule has 0 bridgehead atoms. The molecular weight excluding hydrogens is 392 g/mol. The molecule has 2 nitrogen and oxygen atoms in total. The summed E-state index contributed by atoms with van der Waals surface area (Å²) in [5.41, 5.74) is 2.58. The van der Waals surface area contributed by atoms with Gasteiger partial charge in [0.15, 0.2) is 0 Å². The van der Waals surface area contributed by atoms with Crippen molar-refractivity contribution in [3.63, 3.8) is 0 Å². The summed E-state index contributed by atoms with van der Waals surface area (Å²) in [6.07, 6.45) is 12.3. The van der Waals surface area contributed by atoms with Crippen LogP contribution in [-0.4, -0.2) is 22.4 Å². The Morgan fingerprint density at radius 3 is 2.31 bits per heavy atom. The summed E-state index contributed by atoms with van der Waals surface area (Å²) >= 11 is 0. The van der Waals surface area contributed by atoms with Crippen LogP contribution in [0.2, 0.25) is 0 Å². The summed E-state index contributed by atoms with van der Waals surface area (Å²) in [6.45, 7) is 18.4. The molecule has 2 heteroatoms. The molecule has 0 aromatic heterocycles. The van der Waals surface area contributed by atoms with E-state index in [2.05, 4.69) is 41.2 Å². The van der Waals surface area contributed by atoms with Gasteiger partial charge in [0, 0.05) is 0 Å². The summed E-state index contributed by atoms with van der Waals surface area (Å²) in [7, 11) is 0. The van der Waals surface area contributed by atoms with Gasteiger partial charge in [0.05, 0.1) is 12.2 Å². The molecule has 2 spiro atoms. The predicted molar refractivity (Wildman–Crippen MR) is 132 cm³/mol. The lowest BCUT2D eigenvalue weighted by molar-refractivity contribution is -0.133. The van der Waals surface area contributed by atoms with Crippen LogP contribution in [-0.2, 0) is 0 Å². The molecule has 2 N–H and O–H groups in total. The van der Waals surface area contributed by atoms with Crippen LogP contribution >= 0.6 is 0 Å². The van der Waals surface area contributed by atoms with Crippen LogP contribution in [0.4, 0.5) is 0 Å². The van der Waals surface area contributed by atoms with Gasteiger partial charge in [-0.25, -0.2) is 0 Å². The number of fused-ring (bicyclic) bond motifs is 2. The molecule has 0 amide bonds. The zero-order valence-electron chi connectivity index (χ0n) is 21.8. The fourth-order valence-electron chi connectivity index (χ4n) is 11.5. The van der Waals surface area contributed by atoms with E-state index in [-0.39, 0.29) is 17.6 Å². The number of hydrogen-bond acceptors (Lipinski definition) is 2. The Kier molecular flexibility index (Phi) is 5.36. The zero-order chi connectivity index (χ0) is 23.3. The van der Waals surface area contributed by atoms with Crippen LogP contribution in [0, 0.1) is 57.2 Å². The van der Waals surface area contributed by atoms with Crippen LogP contribution in [0.1, 0.15) is 106 Å². The Bertz CT molecular complexity index is 771. The maximum atomic E-state index is 10.9. The van der Waals surface area contributed by atoms with E-state index in [1.165, 1.54) is 44.9 Å². The summed E-state index contributed by atoms with van der Waals surface area (Å²) < 4.78 is 0. The van der Waals surface area contributed by atoms with Gasteiger partial charge in [0.2, 0.25) is 0 Å². The highest BCUT2D eigenvalue weighted by molar-refractivity contribution is 5.31. The van der Waals surface area contributed by atoms with Crippen LogP contribution in [0.5, 0.6) is 0 Å². The second kappa shape index (κ2) is 7.33. The summed E-state index contributed by atoms with van der Waals surface area (Å²) in [5.74, 6) is 4.89. The molecule has 5 aliphatic carbocycles. The van der Waals surface area contributed by atoms with Crippen molar-refractivity contribution in [3.05, 3.63) is 12.2 Å². The first-order chi connectivity index (χ1) is 14.9. The van der Waals surface area contributed by atoms with Crippen LogP contribution in [0.15, 0.2) is 12.2 Å². The minimum Gasteiger partial charge on any atom is -0.393 e. The predicted octanol–water partition coefficient (Wildman–Crippen LogP) is 7.00. The molecule has 32 heavy (non-hydrogen) atoms. The van der Waals surface area contributed by atoms with Gasteiger partial charge in [-0.1, -0.05) is 46.8 Å². The van der Waals surface area contributed by atoms with Gasteiger partial charge in [0.1, 0.15) is 0 Å². The standard InChI is InChI=1S/C30H50O2/c1-18(2)24(31)12-8-19(3)21-9-10-22-23-11-13-25-27(5,6)26(32)14-15-30(25)20(4)29(23,30)17-16-28(21,22)7/h19-26,31-32H,1,8-17H2,2-7H3/t19?,20-,21?,22?,23?,24?,25?,26-,28+,29-,30+/m0/s1. The van der Waals surface area contributed by atoms with Gasteiger partial charge in [0.25, 0.3) is 0 Å². The molecule has 6 unspecified atom stereocenters. The van der Waals surface area contributed by atoms with Crippen LogP contribution < -0.4 is 0 Å². The average molecular weight is 443 g/mol. The van der Waals surface area contributed by atoms with Crippen molar-refractivity contribution in [3.8, 4) is 0 Å². The molecule has 5 rings (SSSR count). The highest BCUT2D eigenvalue weighted by Gasteiger charge is 2.84. The van der Waals surface area contributed by atoms with Crippen molar-refractivity contribution < 1.29 is 10.2 Å². The van der Waals surface area contributed by atoms with E-state index in [0.717, 1.165) is 48.5 Å². The lowest BCUT2D eigenvalue weighted by Crippen LogP contribution is -2.54. The Morgan fingerprint density at radius 2 is 1.62 bits per heavy atom. The Balaban J connectivity index is 1.37. The summed E-state index contributed by atoms with van der Waals surface area (Å²) in [4.78, 5) is 0. The first-order valence-corrected chi connectivity index (χ1v) is 14.0. The lowest BCUT2D eigenvalue weighted by Gasteiger charge is -2.59. The average Bonchev–Trinajstić information content (AvgIpc) is 3.06. The Morgan fingerprint density at radius 1 is 0.938 bits per heavy atom. The highest BCUT2D eigenvalue weighted by atomic mass is 16.3. The third kappa shape index (κ3) is 2.72. The molecule has 5 fully saturated rings. The van der Waals surface area contributed by atoms with E-state index < -0.39 is 0 Å². The topological polar surface area (TPSA) is 40.5 Å². The molecule has 11 atom stereocenters. The molecule has 0 aliphatic heterocycles. The van der Waals surface area contributed by atoms with Crippen molar-refractivity contribution in [1.29, 1.82) is 0 Å². The maximum absolute atomic E-state index is 10.9. The molecular formula is C30H50O2. The first-order valence-electron chi connectivity index (χ1n) is 14.0. The zero-order valence-corrected chi connectivity index (χ0v) is 21.8. The second-order valence-electron chi connectivity index (χ2n) is 14.1. The van der Waals surface area contributed by atoms with Gasteiger partial charge < -0.3 is 10.2 Å². The molecule has 5 aliphatic rings. The van der Waals surface area contributed by atoms with E-state index in [0.29, 0.717) is 28.1 Å². The third-order valence-corrected chi connectivity index (χ3v) is 13.2. The Hall–Kier alpha value is -0.340. The normalized spacial score (nSPS) is 52.8. The summed E-state index contributed by atoms with van der Waals surface area (Å²) in [5, 5.41) is 21.2. The molecule has 0 saturated heterocycles. The van der Waals surface area contributed by atoms with Crippen LogP contribution in [0.3, 0.4) is 0 Å². The fraction of sp³-hybridized carbons (Fsp3) is 0.933. The fourth-order valence-corrected chi connectivity index (χ4v) is 11.5. The minimum atomic E-state index is -0.329. The molecule has 0 radical (unpaired) electrons. The van der Waals surface area contributed by atoms with Gasteiger partial charge in [-0.05, 0) is 128 Å². The van der Waals surface area contributed by atoms with Gasteiger partial charge in [-0.2, -0.15) is 0 Å². The van der Waals surface area contributed by atoms with Gasteiger partial charge >= 0.3 is 0 Å². The molecule has 5 saturated carbocycles. The van der Waals surface area contributed by atoms with E-state index >= 15 is 0 Å². The van der Waals surface area contributed by atoms with Crippen molar-refractivity contribution in [2.45, 2.75) is 118 Å². The Labute approximate surface area is 197 Å². The van der Waals surface area contributed by atoms with Crippen LogP contribution in [0.25, 0.3) is 0 Å². The van der Waals surface area contributed by atoms with Gasteiger partial charge in [-0.15, -0.1) is 0 Å². The highest BCUT2D eigenvalue weighted by Crippen LogP contribution is 2.89. The number of rotatable bonds is 5.